The Bertz CT molecular complexity index is 1080. The minimum Gasteiger partial charge on any atom is -0.173 e. The van der Waals surface area contributed by atoms with Gasteiger partial charge in [-0.25, -0.2) is 0 Å². The second kappa shape index (κ2) is 6.49. The van der Waals surface area contributed by atoms with Gasteiger partial charge in [0.15, 0.2) is 0 Å². The number of thioether (sulfide) groups is 2. The monoisotopic (exact) mass is 372 g/mol. The number of aliphatic imine (C=N–C) groups is 2. The van der Waals surface area contributed by atoms with Crippen molar-refractivity contribution in [1.82, 2.24) is 0 Å². The Morgan fingerprint density at radius 2 is 1.08 bits per heavy atom. The van der Waals surface area contributed by atoms with Crippen molar-refractivity contribution in [3.05, 3.63) is 58.7 Å². The van der Waals surface area contributed by atoms with Gasteiger partial charge in [0.05, 0.1) is 11.4 Å². The molecule has 124 valence electrons. The van der Waals surface area contributed by atoms with Gasteiger partial charge in [-0.3, -0.25) is 0 Å². The second-order valence-electron chi connectivity index (χ2n) is 5.67. The van der Waals surface area contributed by atoms with E-state index >= 15 is 0 Å². The van der Waals surface area contributed by atoms with Crippen molar-refractivity contribution in [2.45, 2.75) is 0 Å². The molecule has 4 rings (SSSR count). The third kappa shape index (κ3) is 2.24. The van der Waals surface area contributed by atoms with Crippen LogP contribution in [0.3, 0.4) is 0 Å². The average Bonchev–Trinajstić information content (AvgIpc) is 2.90. The minimum absolute atomic E-state index is 0.587. The molecule has 0 fully saturated rings. The summed E-state index contributed by atoms with van der Waals surface area (Å²) in [7, 11) is 0. The molecule has 0 unspecified atom stereocenters. The van der Waals surface area contributed by atoms with Crippen molar-refractivity contribution < 1.29 is 0 Å². The molecule has 0 saturated carbocycles. The lowest BCUT2D eigenvalue weighted by Gasteiger charge is -2.12. The molecule has 2 aromatic rings. The van der Waals surface area contributed by atoms with E-state index in [0.29, 0.717) is 11.4 Å². The number of benzene rings is 2. The van der Waals surface area contributed by atoms with Crippen LogP contribution in [0.1, 0.15) is 22.3 Å². The first kappa shape index (κ1) is 16.7. The first-order chi connectivity index (χ1) is 12.7. The van der Waals surface area contributed by atoms with Crippen LogP contribution in [0.25, 0.3) is 20.6 Å². The van der Waals surface area contributed by atoms with Crippen LogP contribution >= 0.6 is 23.5 Å². The molecule has 0 aliphatic heterocycles. The summed E-state index contributed by atoms with van der Waals surface area (Å²) in [6.45, 7) is 0. The fraction of sp³-hybridized carbons (Fsp3) is 0.100. The zero-order chi connectivity index (χ0) is 18.3. The number of rotatable bonds is 2. The number of hydrogen-bond acceptors (Lipinski definition) is 6. The first-order valence-electron chi connectivity index (χ1n) is 7.80. The highest BCUT2D eigenvalue weighted by atomic mass is 32.2. The van der Waals surface area contributed by atoms with Gasteiger partial charge in [0.2, 0.25) is 12.4 Å². The Kier molecular flexibility index (Phi) is 4.16. The van der Waals surface area contributed by atoms with E-state index in [2.05, 4.69) is 34.6 Å². The van der Waals surface area contributed by atoms with Gasteiger partial charge in [0.25, 0.3) is 0 Å². The molecule has 0 radical (unpaired) electrons. The molecule has 0 saturated heterocycles. The fourth-order valence-corrected chi connectivity index (χ4v) is 5.46. The van der Waals surface area contributed by atoms with Gasteiger partial charge < -0.3 is 0 Å². The molecule has 6 heteroatoms. The van der Waals surface area contributed by atoms with Crippen LogP contribution in [0.15, 0.2) is 46.4 Å². The lowest BCUT2D eigenvalue weighted by atomic mass is 9.92. The van der Waals surface area contributed by atoms with Crippen LogP contribution in [0.5, 0.6) is 0 Å². The zero-order valence-corrected chi connectivity index (χ0v) is 15.7. The van der Waals surface area contributed by atoms with E-state index in [9.17, 15) is 0 Å². The summed E-state index contributed by atoms with van der Waals surface area (Å²) in [5, 5.41) is 20.3. The van der Waals surface area contributed by atoms with E-state index in [0.717, 1.165) is 21.9 Å². The molecule has 2 aromatic carbocycles. The molecule has 26 heavy (non-hydrogen) atoms. The molecule has 2 aliphatic rings. The lowest BCUT2D eigenvalue weighted by Crippen LogP contribution is -2.00. The SMILES string of the molecule is CSC1=C(SC)c2ccc3c4c(ccc1c24)C(=NC#N)C=CC3=NC#N. The molecular formula is C20H12N4S2. The quantitative estimate of drug-likeness (QED) is 0.709. The molecule has 2 aliphatic carbocycles. The Morgan fingerprint density at radius 3 is 1.46 bits per heavy atom. The molecular weight excluding hydrogens is 360 g/mol. The molecule has 0 spiro atoms. The van der Waals surface area contributed by atoms with Gasteiger partial charge in [-0.2, -0.15) is 20.5 Å². The van der Waals surface area contributed by atoms with Crippen molar-refractivity contribution >= 4 is 55.5 Å². The molecule has 0 amide bonds. The van der Waals surface area contributed by atoms with Crippen LogP contribution in [0.4, 0.5) is 0 Å². The van der Waals surface area contributed by atoms with Crippen molar-refractivity contribution in [3.8, 4) is 12.4 Å². The molecule has 0 aromatic heterocycles. The summed E-state index contributed by atoms with van der Waals surface area (Å²) in [5.74, 6) is 0. The fourth-order valence-electron chi connectivity index (χ4n) is 3.59. The van der Waals surface area contributed by atoms with Crippen molar-refractivity contribution in [3.63, 3.8) is 0 Å². The lowest BCUT2D eigenvalue weighted by molar-refractivity contribution is 1.44. The largest absolute Gasteiger partial charge is 0.206 e. The average molecular weight is 372 g/mol. The van der Waals surface area contributed by atoms with E-state index in [4.69, 9.17) is 10.5 Å². The number of nitrogens with zero attached hydrogens (tertiary/aromatic N) is 4. The van der Waals surface area contributed by atoms with Crippen molar-refractivity contribution in [2.24, 2.45) is 9.98 Å². The molecule has 0 atom stereocenters. The van der Waals surface area contributed by atoms with E-state index in [1.54, 1.807) is 35.7 Å². The summed E-state index contributed by atoms with van der Waals surface area (Å²) in [5.41, 5.74) is 5.33. The van der Waals surface area contributed by atoms with Gasteiger partial charge in [-0.1, -0.05) is 24.3 Å². The van der Waals surface area contributed by atoms with Gasteiger partial charge in [-0.15, -0.1) is 23.5 Å². The van der Waals surface area contributed by atoms with Gasteiger partial charge in [0.1, 0.15) is 0 Å². The van der Waals surface area contributed by atoms with Crippen LogP contribution < -0.4 is 0 Å². The highest BCUT2D eigenvalue weighted by molar-refractivity contribution is 8.13. The first-order valence-corrected chi connectivity index (χ1v) is 10.2. The van der Waals surface area contributed by atoms with Crippen molar-refractivity contribution in [1.29, 1.82) is 10.5 Å². The predicted octanol–water partition coefficient (Wildman–Crippen LogP) is 4.82. The standard InChI is InChI=1S/C20H12N4S2/c1-25-19-13-5-3-11-15(23-9-21)7-8-16(24-10-22)12-4-6-14(20(19)26-2)18(13)17(11)12/h3-8H,1-2H3. The molecule has 4 nitrogen and oxygen atoms in total. The van der Waals surface area contributed by atoms with Crippen LogP contribution in [0, 0.1) is 22.9 Å². The molecule has 0 heterocycles. The Labute approximate surface area is 159 Å². The smallest absolute Gasteiger partial charge is 0.173 e. The van der Waals surface area contributed by atoms with Gasteiger partial charge in [-0.05, 0) is 41.2 Å². The van der Waals surface area contributed by atoms with E-state index in [-0.39, 0.29) is 0 Å². The van der Waals surface area contributed by atoms with E-state index in [1.807, 2.05) is 24.5 Å². The Hall–Kier alpha value is -2.80. The number of hydrogen-bond donors (Lipinski definition) is 0. The second-order valence-corrected chi connectivity index (χ2v) is 7.30. The summed E-state index contributed by atoms with van der Waals surface area (Å²) in [6, 6.07) is 8.24. The summed E-state index contributed by atoms with van der Waals surface area (Å²) in [4.78, 5) is 10.5. The Balaban J connectivity index is 2.20. The molecule has 0 N–H and O–H groups in total. The predicted molar refractivity (Wildman–Crippen MR) is 111 cm³/mol. The zero-order valence-electron chi connectivity index (χ0n) is 14.1. The van der Waals surface area contributed by atoms with Crippen LogP contribution in [-0.2, 0) is 0 Å². The van der Waals surface area contributed by atoms with Gasteiger partial charge >= 0.3 is 0 Å². The number of allylic oxidation sites excluding steroid dienone is 2. The highest BCUT2D eigenvalue weighted by Crippen LogP contribution is 2.51. The maximum absolute atomic E-state index is 9.10. The van der Waals surface area contributed by atoms with Crippen LogP contribution in [0.2, 0.25) is 0 Å². The van der Waals surface area contributed by atoms with Crippen LogP contribution in [-0.4, -0.2) is 23.9 Å². The highest BCUT2D eigenvalue weighted by Gasteiger charge is 2.28. The number of nitriles is 2. The molecule has 0 bridgehead atoms. The Morgan fingerprint density at radius 1 is 0.692 bits per heavy atom. The minimum atomic E-state index is 0.587. The topological polar surface area (TPSA) is 72.3 Å². The third-order valence-corrected chi connectivity index (χ3v) is 6.35. The van der Waals surface area contributed by atoms with Crippen molar-refractivity contribution in [2.75, 3.05) is 12.5 Å². The van der Waals surface area contributed by atoms with E-state index < -0.39 is 0 Å². The van der Waals surface area contributed by atoms with E-state index in [1.165, 1.54) is 20.9 Å². The third-order valence-electron chi connectivity index (χ3n) is 4.56. The summed E-state index contributed by atoms with van der Waals surface area (Å²) in [6.07, 6.45) is 11.4. The van der Waals surface area contributed by atoms with Gasteiger partial charge in [0, 0.05) is 26.3 Å². The maximum atomic E-state index is 9.10. The maximum Gasteiger partial charge on any atom is 0.206 e. The summed E-state index contributed by atoms with van der Waals surface area (Å²) >= 11 is 3.47. The normalized spacial score (nSPS) is 17.7. The summed E-state index contributed by atoms with van der Waals surface area (Å²) < 4.78 is 0.